The SMILES string of the molecule is Cl.O=[N+]([O-])c1cccc(Cl)c1S(=O)(=O)N1CCNCC1c1cccnc1. The molecular weight excluding hydrogens is 403 g/mol. The third-order valence-corrected chi connectivity index (χ3v) is 6.40. The summed E-state index contributed by atoms with van der Waals surface area (Å²) in [5.41, 5.74) is 0.170. The molecule has 2 heterocycles. The number of sulfonamides is 1. The second kappa shape index (κ2) is 8.28. The molecule has 0 saturated carbocycles. The lowest BCUT2D eigenvalue weighted by molar-refractivity contribution is -0.387. The van der Waals surface area contributed by atoms with Gasteiger partial charge in [0.1, 0.15) is 0 Å². The van der Waals surface area contributed by atoms with Gasteiger partial charge in [0.15, 0.2) is 4.90 Å². The van der Waals surface area contributed by atoms with Crippen molar-refractivity contribution in [2.75, 3.05) is 19.6 Å². The maximum atomic E-state index is 13.2. The largest absolute Gasteiger partial charge is 0.313 e. The van der Waals surface area contributed by atoms with Crippen LogP contribution in [0.15, 0.2) is 47.6 Å². The van der Waals surface area contributed by atoms with E-state index in [1.807, 2.05) is 0 Å². The first-order valence-corrected chi connectivity index (χ1v) is 9.30. The number of aromatic nitrogens is 1. The predicted molar refractivity (Wildman–Crippen MR) is 99.1 cm³/mol. The normalized spacial score (nSPS) is 18.1. The van der Waals surface area contributed by atoms with Crippen LogP contribution >= 0.6 is 24.0 Å². The molecule has 1 aromatic carbocycles. The first-order chi connectivity index (χ1) is 11.9. The van der Waals surface area contributed by atoms with Crippen LogP contribution in [0.25, 0.3) is 0 Å². The van der Waals surface area contributed by atoms with Crippen molar-refractivity contribution in [3.8, 4) is 0 Å². The third-order valence-electron chi connectivity index (χ3n) is 3.97. The second-order valence-electron chi connectivity index (χ2n) is 5.47. The molecule has 1 atom stereocenters. The van der Waals surface area contributed by atoms with Gasteiger partial charge in [0.05, 0.1) is 16.0 Å². The summed E-state index contributed by atoms with van der Waals surface area (Å²) in [4.78, 5) is 14.1. The van der Waals surface area contributed by atoms with Gasteiger partial charge in [-0.2, -0.15) is 4.31 Å². The van der Waals surface area contributed by atoms with Crippen LogP contribution < -0.4 is 5.32 Å². The van der Waals surface area contributed by atoms with Gasteiger partial charge < -0.3 is 5.32 Å². The van der Waals surface area contributed by atoms with Gasteiger partial charge in [0.25, 0.3) is 15.7 Å². The highest BCUT2D eigenvalue weighted by atomic mass is 35.5. The Labute approximate surface area is 161 Å². The van der Waals surface area contributed by atoms with E-state index in [0.29, 0.717) is 18.7 Å². The van der Waals surface area contributed by atoms with E-state index >= 15 is 0 Å². The minimum Gasteiger partial charge on any atom is -0.313 e. The number of piperazine rings is 1. The van der Waals surface area contributed by atoms with Gasteiger partial charge in [0, 0.05) is 38.1 Å². The Morgan fingerprint density at radius 3 is 2.73 bits per heavy atom. The van der Waals surface area contributed by atoms with Crippen LogP contribution in [0, 0.1) is 10.1 Å². The van der Waals surface area contributed by atoms with E-state index in [0.717, 1.165) is 6.07 Å². The molecule has 1 N–H and O–H groups in total. The standard InChI is InChI=1S/C15H15ClN4O4S.ClH/c16-12-4-1-5-13(20(21)22)15(12)25(23,24)19-8-7-18-10-14(19)11-3-2-6-17-9-11;/h1-6,9,14,18H,7-8,10H2;1H. The molecule has 26 heavy (non-hydrogen) atoms. The summed E-state index contributed by atoms with van der Waals surface area (Å²) in [6.07, 6.45) is 3.18. The molecule has 1 saturated heterocycles. The molecule has 1 aliphatic heterocycles. The van der Waals surface area contributed by atoms with Crippen LogP contribution in [-0.2, 0) is 10.0 Å². The predicted octanol–water partition coefficient (Wildman–Crippen LogP) is 2.40. The molecule has 8 nitrogen and oxygen atoms in total. The molecule has 0 radical (unpaired) electrons. The lowest BCUT2D eigenvalue weighted by atomic mass is 10.1. The number of hydrogen-bond donors (Lipinski definition) is 1. The molecular formula is C15H16Cl2N4O4S. The fourth-order valence-electron chi connectivity index (χ4n) is 2.84. The summed E-state index contributed by atoms with van der Waals surface area (Å²) in [5.74, 6) is 0. The molecule has 2 aromatic rings. The van der Waals surface area contributed by atoms with E-state index in [4.69, 9.17) is 11.6 Å². The van der Waals surface area contributed by atoms with Crippen molar-refractivity contribution in [2.24, 2.45) is 0 Å². The quantitative estimate of drug-likeness (QED) is 0.603. The van der Waals surface area contributed by atoms with E-state index < -0.39 is 31.6 Å². The molecule has 1 aliphatic rings. The molecule has 1 fully saturated rings. The van der Waals surface area contributed by atoms with E-state index in [1.165, 1.54) is 16.4 Å². The van der Waals surface area contributed by atoms with E-state index in [-0.39, 0.29) is 24.0 Å². The Morgan fingerprint density at radius 2 is 2.08 bits per heavy atom. The minimum atomic E-state index is -4.17. The Morgan fingerprint density at radius 1 is 1.31 bits per heavy atom. The van der Waals surface area contributed by atoms with Gasteiger partial charge >= 0.3 is 0 Å². The summed E-state index contributed by atoms with van der Waals surface area (Å²) < 4.78 is 27.7. The third kappa shape index (κ3) is 3.81. The minimum absolute atomic E-state index is 0. The summed E-state index contributed by atoms with van der Waals surface area (Å²) >= 11 is 6.03. The van der Waals surface area contributed by atoms with E-state index in [1.54, 1.807) is 24.5 Å². The van der Waals surface area contributed by atoms with Gasteiger partial charge in [0.2, 0.25) is 0 Å². The van der Waals surface area contributed by atoms with Gasteiger partial charge in [-0.15, -0.1) is 12.4 Å². The molecule has 3 rings (SSSR count). The van der Waals surface area contributed by atoms with Crippen LogP contribution in [0.5, 0.6) is 0 Å². The zero-order valence-electron chi connectivity index (χ0n) is 13.4. The fraction of sp³-hybridized carbons (Fsp3) is 0.267. The van der Waals surface area contributed by atoms with E-state index in [9.17, 15) is 18.5 Å². The van der Waals surface area contributed by atoms with Crippen LogP contribution in [0.1, 0.15) is 11.6 Å². The van der Waals surface area contributed by atoms with Crippen molar-refractivity contribution in [3.63, 3.8) is 0 Å². The molecule has 0 aliphatic carbocycles. The highest BCUT2D eigenvalue weighted by Gasteiger charge is 2.39. The Kier molecular flexibility index (Phi) is 6.53. The van der Waals surface area contributed by atoms with E-state index in [2.05, 4.69) is 10.3 Å². The average Bonchev–Trinajstić information content (AvgIpc) is 2.62. The summed E-state index contributed by atoms with van der Waals surface area (Å²) in [6, 6.07) is 6.79. The van der Waals surface area contributed by atoms with Crippen molar-refractivity contribution in [2.45, 2.75) is 10.9 Å². The highest BCUT2D eigenvalue weighted by molar-refractivity contribution is 7.89. The molecule has 0 bridgehead atoms. The number of rotatable bonds is 4. The maximum Gasteiger partial charge on any atom is 0.290 e. The van der Waals surface area contributed by atoms with Crippen LogP contribution in [0.3, 0.4) is 0 Å². The van der Waals surface area contributed by atoms with Crippen LogP contribution in [0.4, 0.5) is 5.69 Å². The van der Waals surface area contributed by atoms with Crippen molar-refractivity contribution in [1.29, 1.82) is 0 Å². The fourth-order valence-corrected chi connectivity index (χ4v) is 5.13. The number of nitro benzene ring substituents is 1. The molecule has 11 heteroatoms. The van der Waals surface area contributed by atoms with Gasteiger partial charge in [-0.25, -0.2) is 8.42 Å². The maximum absolute atomic E-state index is 13.2. The molecule has 1 unspecified atom stereocenters. The summed E-state index contributed by atoms with van der Waals surface area (Å²) in [5, 5.41) is 14.3. The van der Waals surface area contributed by atoms with Crippen molar-refractivity contribution in [1.82, 2.24) is 14.6 Å². The number of halogens is 2. The number of hydrogen-bond acceptors (Lipinski definition) is 6. The van der Waals surface area contributed by atoms with Crippen molar-refractivity contribution < 1.29 is 13.3 Å². The first-order valence-electron chi connectivity index (χ1n) is 7.48. The molecule has 140 valence electrons. The van der Waals surface area contributed by atoms with Gasteiger partial charge in [-0.1, -0.05) is 23.7 Å². The smallest absolute Gasteiger partial charge is 0.290 e. The summed E-state index contributed by atoms with van der Waals surface area (Å²) in [7, 11) is -4.17. The Hall–Kier alpha value is -1.78. The van der Waals surface area contributed by atoms with Crippen LogP contribution in [0.2, 0.25) is 5.02 Å². The van der Waals surface area contributed by atoms with Crippen molar-refractivity contribution in [3.05, 3.63) is 63.4 Å². The van der Waals surface area contributed by atoms with Gasteiger partial charge in [-0.05, 0) is 17.7 Å². The van der Waals surface area contributed by atoms with Crippen molar-refractivity contribution >= 4 is 39.7 Å². The lowest BCUT2D eigenvalue weighted by Crippen LogP contribution is -2.48. The van der Waals surface area contributed by atoms with Crippen LogP contribution in [-0.4, -0.2) is 42.3 Å². The summed E-state index contributed by atoms with van der Waals surface area (Å²) in [6.45, 7) is 0.988. The molecule has 0 amide bonds. The highest BCUT2D eigenvalue weighted by Crippen LogP contribution is 2.36. The first kappa shape index (κ1) is 20.5. The second-order valence-corrected chi connectivity index (χ2v) is 7.70. The lowest BCUT2D eigenvalue weighted by Gasteiger charge is -2.35. The number of pyridine rings is 1. The zero-order valence-corrected chi connectivity index (χ0v) is 15.8. The molecule has 0 spiro atoms. The van der Waals surface area contributed by atoms with Gasteiger partial charge in [-0.3, -0.25) is 15.1 Å². The number of nitrogens with zero attached hydrogens (tertiary/aromatic N) is 3. The number of benzene rings is 1. The average molecular weight is 419 g/mol. The topological polar surface area (TPSA) is 105 Å². The zero-order chi connectivity index (χ0) is 18.0. The Bertz CT molecular complexity index is 896. The Balaban J connectivity index is 0.00000243. The monoisotopic (exact) mass is 418 g/mol. The number of nitro groups is 1. The number of nitrogens with one attached hydrogen (secondary N) is 1. The molecule has 1 aromatic heterocycles.